The average molecular weight is 464 g/mol. The van der Waals surface area contributed by atoms with Gasteiger partial charge < -0.3 is 9.15 Å². The third-order valence-corrected chi connectivity index (χ3v) is 6.72. The molecule has 0 saturated carbocycles. The van der Waals surface area contributed by atoms with Crippen LogP contribution in [-0.2, 0) is 14.8 Å². The molecule has 0 unspecified atom stereocenters. The fourth-order valence-corrected chi connectivity index (χ4v) is 4.44. The van der Waals surface area contributed by atoms with Crippen molar-refractivity contribution in [2.24, 2.45) is 5.92 Å². The number of hydrogen-bond donors (Lipinski definition) is 1. The van der Waals surface area contributed by atoms with E-state index in [0.717, 1.165) is 5.56 Å². The minimum Gasteiger partial charge on any atom is -0.425 e. The molecule has 1 N–H and O–H groups in total. The van der Waals surface area contributed by atoms with Gasteiger partial charge in [-0.2, -0.15) is 4.72 Å². The minimum atomic E-state index is -3.93. The van der Waals surface area contributed by atoms with E-state index in [1.54, 1.807) is 39.0 Å². The van der Waals surface area contributed by atoms with Gasteiger partial charge in [-0.15, -0.1) is 0 Å². The molecule has 3 aromatic rings. The second-order valence-corrected chi connectivity index (χ2v) is 9.66. The van der Waals surface area contributed by atoms with Crippen LogP contribution in [0, 0.1) is 19.8 Å². The summed E-state index contributed by atoms with van der Waals surface area (Å²) in [6.45, 7) is 6.93. The molecule has 0 aliphatic heterocycles. The maximum absolute atomic E-state index is 12.8. The molecule has 9 heteroatoms. The van der Waals surface area contributed by atoms with Crippen molar-refractivity contribution in [3.8, 4) is 5.75 Å². The van der Waals surface area contributed by atoms with Crippen LogP contribution in [0.2, 0.25) is 5.02 Å². The van der Waals surface area contributed by atoms with Crippen molar-refractivity contribution in [1.29, 1.82) is 0 Å². The number of sulfonamides is 1. The second kappa shape index (κ2) is 8.82. The Morgan fingerprint density at radius 1 is 1.10 bits per heavy atom. The van der Waals surface area contributed by atoms with Crippen molar-refractivity contribution in [1.82, 2.24) is 4.72 Å². The lowest BCUT2D eigenvalue weighted by molar-refractivity contribution is -0.137. The lowest BCUT2D eigenvalue weighted by atomic mass is 10.1. The van der Waals surface area contributed by atoms with Gasteiger partial charge in [0, 0.05) is 11.5 Å². The van der Waals surface area contributed by atoms with Gasteiger partial charge in [0.2, 0.25) is 10.0 Å². The summed E-state index contributed by atoms with van der Waals surface area (Å²) in [6.07, 6.45) is 0. The first-order valence-corrected chi connectivity index (χ1v) is 11.4. The second-order valence-electron chi connectivity index (χ2n) is 7.56. The maximum Gasteiger partial charge on any atom is 0.355 e. The van der Waals surface area contributed by atoms with Crippen LogP contribution in [0.15, 0.2) is 56.6 Å². The van der Waals surface area contributed by atoms with E-state index in [-0.39, 0.29) is 27.2 Å². The maximum atomic E-state index is 12.8. The lowest BCUT2D eigenvalue weighted by Gasteiger charge is -2.21. The van der Waals surface area contributed by atoms with Crippen molar-refractivity contribution >= 4 is 38.6 Å². The first kappa shape index (κ1) is 23.0. The molecule has 1 aromatic heterocycles. The van der Waals surface area contributed by atoms with E-state index in [1.807, 2.05) is 6.92 Å². The zero-order valence-electron chi connectivity index (χ0n) is 17.4. The molecule has 1 atom stereocenters. The molecule has 0 spiro atoms. The molecule has 164 valence electrons. The summed E-state index contributed by atoms with van der Waals surface area (Å²) < 4.78 is 38.4. The third kappa shape index (κ3) is 4.98. The van der Waals surface area contributed by atoms with Crippen LogP contribution < -0.4 is 15.1 Å². The van der Waals surface area contributed by atoms with E-state index in [4.69, 9.17) is 20.8 Å². The van der Waals surface area contributed by atoms with Crippen molar-refractivity contribution in [2.75, 3.05) is 0 Å². The Morgan fingerprint density at radius 3 is 2.35 bits per heavy atom. The van der Waals surface area contributed by atoms with Gasteiger partial charge in [0.1, 0.15) is 22.4 Å². The fourth-order valence-electron chi connectivity index (χ4n) is 2.97. The van der Waals surface area contributed by atoms with Gasteiger partial charge in [-0.1, -0.05) is 43.1 Å². The van der Waals surface area contributed by atoms with E-state index in [2.05, 4.69) is 4.72 Å². The molecule has 0 fully saturated rings. The fraction of sp³-hybridized carbons (Fsp3) is 0.273. The smallest absolute Gasteiger partial charge is 0.355 e. The summed E-state index contributed by atoms with van der Waals surface area (Å²) in [5, 5.41) is 0.590. The Hall–Kier alpha value is -2.68. The zero-order valence-corrected chi connectivity index (χ0v) is 19.0. The zero-order chi connectivity index (χ0) is 22.9. The van der Waals surface area contributed by atoms with Crippen molar-refractivity contribution in [3.63, 3.8) is 0 Å². The van der Waals surface area contributed by atoms with Crippen molar-refractivity contribution in [3.05, 3.63) is 69.0 Å². The van der Waals surface area contributed by atoms with Crippen LogP contribution in [0.25, 0.3) is 11.0 Å². The number of aryl methyl sites for hydroxylation is 2. The molecule has 0 bridgehead atoms. The van der Waals surface area contributed by atoms with E-state index in [0.29, 0.717) is 10.9 Å². The minimum absolute atomic E-state index is 0.0115. The monoisotopic (exact) mass is 463 g/mol. The molecule has 31 heavy (non-hydrogen) atoms. The van der Waals surface area contributed by atoms with Crippen LogP contribution in [0.3, 0.4) is 0 Å². The number of benzene rings is 2. The summed E-state index contributed by atoms with van der Waals surface area (Å²) in [5.41, 5.74) is 0.981. The molecule has 0 amide bonds. The topological polar surface area (TPSA) is 103 Å². The highest BCUT2D eigenvalue weighted by atomic mass is 35.5. The number of esters is 1. The molecule has 0 radical (unpaired) electrons. The Balaban J connectivity index is 1.86. The predicted octanol–water partition coefficient (Wildman–Crippen LogP) is 3.97. The van der Waals surface area contributed by atoms with Crippen LogP contribution in [-0.4, -0.2) is 20.4 Å². The van der Waals surface area contributed by atoms with Crippen LogP contribution >= 0.6 is 11.6 Å². The van der Waals surface area contributed by atoms with E-state index >= 15 is 0 Å². The van der Waals surface area contributed by atoms with E-state index in [1.165, 1.54) is 24.3 Å². The summed E-state index contributed by atoms with van der Waals surface area (Å²) in [6, 6.07) is 9.70. The largest absolute Gasteiger partial charge is 0.425 e. The summed E-state index contributed by atoms with van der Waals surface area (Å²) >= 11 is 5.92. The third-order valence-electron chi connectivity index (χ3n) is 4.82. The molecule has 1 heterocycles. The van der Waals surface area contributed by atoms with Gasteiger partial charge in [0.05, 0.1) is 4.90 Å². The van der Waals surface area contributed by atoms with Gasteiger partial charge >= 0.3 is 11.6 Å². The molecule has 3 rings (SSSR count). The quantitative estimate of drug-likeness (QED) is 0.337. The highest BCUT2D eigenvalue weighted by molar-refractivity contribution is 7.89. The van der Waals surface area contributed by atoms with Crippen molar-refractivity contribution in [2.45, 2.75) is 38.6 Å². The Kier molecular flexibility index (Phi) is 6.54. The average Bonchev–Trinajstić information content (AvgIpc) is 2.70. The van der Waals surface area contributed by atoms with Gasteiger partial charge in [-0.25, -0.2) is 18.0 Å². The Bertz CT molecular complexity index is 1300. The summed E-state index contributed by atoms with van der Waals surface area (Å²) in [5.74, 6) is -1.05. The van der Waals surface area contributed by atoms with Gasteiger partial charge in [-0.3, -0.25) is 0 Å². The number of carbonyl (C=O) groups is 1. The number of rotatable bonds is 6. The Morgan fingerprint density at radius 2 is 1.74 bits per heavy atom. The van der Waals surface area contributed by atoms with Gasteiger partial charge in [-0.05, 0) is 49.6 Å². The molecular formula is C22H22ClNO6S. The number of fused-ring (bicyclic) bond motifs is 1. The lowest BCUT2D eigenvalue weighted by Crippen LogP contribution is -2.46. The predicted molar refractivity (Wildman–Crippen MR) is 118 cm³/mol. The molecule has 2 aromatic carbocycles. The van der Waals surface area contributed by atoms with Crippen LogP contribution in [0.4, 0.5) is 0 Å². The SMILES string of the molecule is Cc1ccc(S(=O)(=O)N[C@H](C(=O)Oc2ccc3c(C)c(Cl)c(=O)oc3c2)C(C)C)cc1. The molecular weight excluding hydrogens is 442 g/mol. The summed E-state index contributed by atoms with van der Waals surface area (Å²) in [7, 11) is -3.93. The molecule has 0 saturated heterocycles. The number of ether oxygens (including phenoxy) is 1. The molecule has 0 aliphatic rings. The van der Waals surface area contributed by atoms with Gasteiger partial charge in [0.15, 0.2) is 0 Å². The number of halogens is 1. The molecule has 0 aliphatic carbocycles. The van der Waals surface area contributed by atoms with Crippen molar-refractivity contribution < 1.29 is 22.4 Å². The van der Waals surface area contributed by atoms with Crippen LogP contribution in [0.1, 0.15) is 25.0 Å². The highest BCUT2D eigenvalue weighted by Crippen LogP contribution is 2.26. The first-order valence-electron chi connectivity index (χ1n) is 9.53. The number of nitrogens with one attached hydrogen (secondary N) is 1. The number of carbonyl (C=O) groups excluding carboxylic acids is 1. The number of hydrogen-bond acceptors (Lipinski definition) is 6. The highest BCUT2D eigenvalue weighted by Gasteiger charge is 2.30. The summed E-state index contributed by atoms with van der Waals surface area (Å²) in [4.78, 5) is 24.6. The standard InChI is InChI=1S/C22H22ClNO6S/c1-12(2)20(24-31(27,28)16-8-5-13(3)6-9-16)22(26)29-15-7-10-17-14(4)19(23)21(25)30-18(17)11-15/h5-12,20,24H,1-4H3/t20-/m0/s1. The van der Waals surface area contributed by atoms with Gasteiger partial charge in [0.25, 0.3) is 0 Å². The van der Waals surface area contributed by atoms with E-state index < -0.39 is 27.7 Å². The normalized spacial score (nSPS) is 12.8. The Labute approximate surface area is 185 Å². The van der Waals surface area contributed by atoms with E-state index in [9.17, 15) is 18.0 Å². The van der Waals surface area contributed by atoms with Crippen LogP contribution in [0.5, 0.6) is 5.75 Å². The first-order chi connectivity index (χ1) is 14.5. The molecule has 7 nitrogen and oxygen atoms in total.